The number of hydrogen-bond acceptors (Lipinski definition) is 3. The molecule has 0 aromatic heterocycles. The minimum absolute atomic E-state index is 0.0308. The molecule has 1 unspecified atom stereocenters. The Morgan fingerprint density at radius 1 is 1.33 bits per heavy atom. The van der Waals surface area contributed by atoms with Gasteiger partial charge in [0.2, 0.25) is 0 Å². The largest absolute Gasteiger partial charge is 0.462 e. The molecule has 0 amide bonds. The highest BCUT2D eigenvalue weighted by Gasteiger charge is 2.53. The van der Waals surface area contributed by atoms with Crippen molar-refractivity contribution in [2.45, 2.75) is 78.9 Å². The monoisotopic (exact) mass is 334 g/mol. The fourth-order valence-corrected chi connectivity index (χ4v) is 6.19. The molecule has 3 rings (SSSR count). The first-order valence-electron chi connectivity index (χ1n) is 9.80. The molecule has 3 aliphatic rings. The summed E-state index contributed by atoms with van der Waals surface area (Å²) in [7, 11) is 0. The molecule has 0 spiro atoms. The zero-order chi connectivity index (χ0) is 17.6. The molecule has 8 atom stereocenters. The fraction of sp³-hybridized carbons (Fsp3) is 0.857. The van der Waals surface area contributed by atoms with Gasteiger partial charge in [-0.05, 0) is 68.6 Å². The molecule has 0 aromatic carbocycles. The summed E-state index contributed by atoms with van der Waals surface area (Å²) in [5, 5.41) is 10.0. The number of carbonyl (C=O) groups excluding carboxylic acids is 1. The molecular weight excluding hydrogens is 300 g/mol. The molecule has 0 heterocycles. The molecule has 0 bridgehead atoms. The normalized spacial score (nSPS) is 46.3. The van der Waals surface area contributed by atoms with Gasteiger partial charge >= 0.3 is 5.97 Å². The second kappa shape index (κ2) is 6.48. The summed E-state index contributed by atoms with van der Waals surface area (Å²) < 4.78 is 5.61. The molecule has 2 fully saturated rings. The summed E-state index contributed by atoms with van der Waals surface area (Å²) in [6.45, 7) is 10.6. The average molecular weight is 335 g/mol. The second-order valence-corrected chi connectivity index (χ2v) is 8.97. The molecule has 0 aromatic rings. The van der Waals surface area contributed by atoms with Crippen molar-refractivity contribution in [3.63, 3.8) is 0 Å². The lowest BCUT2D eigenvalue weighted by molar-refractivity contribution is -0.161. The smallest absolute Gasteiger partial charge is 0.302 e. The Hall–Kier alpha value is -0.830. The minimum Gasteiger partial charge on any atom is -0.462 e. The van der Waals surface area contributed by atoms with Crippen LogP contribution < -0.4 is 0 Å². The first kappa shape index (κ1) is 18.0. The molecule has 24 heavy (non-hydrogen) atoms. The lowest BCUT2D eigenvalue weighted by Crippen LogP contribution is -2.52. The van der Waals surface area contributed by atoms with Crippen molar-refractivity contribution in [3.05, 3.63) is 11.6 Å². The maximum absolute atomic E-state index is 11.5. The molecular formula is C21H34O3. The minimum atomic E-state index is -0.168. The van der Waals surface area contributed by atoms with Crippen LogP contribution in [-0.2, 0) is 9.53 Å². The molecule has 1 N–H and O–H groups in total. The van der Waals surface area contributed by atoms with Crippen LogP contribution in [0.2, 0.25) is 0 Å². The maximum Gasteiger partial charge on any atom is 0.302 e. The van der Waals surface area contributed by atoms with Crippen LogP contribution >= 0.6 is 0 Å². The quantitative estimate of drug-likeness (QED) is 0.603. The predicted molar refractivity (Wildman–Crippen MR) is 95.3 cm³/mol. The van der Waals surface area contributed by atoms with E-state index in [-0.39, 0.29) is 23.6 Å². The summed E-state index contributed by atoms with van der Waals surface area (Å²) >= 11 is 0. The molecule has 0 aliphatic heterocycles. The van der Waals surface area contributed by atoms with Crippen molar-refractivity contribution in [1.82, 2.24) is 0 Å². The maximum atomic E-state index is 11.5. The molecule has 136 valence electrons. The number of aliphatic hydroxyl groups excluding tert-OH is 1. The van der Waals surface area contributed by atoms with Gasteiger partial charge in [-0.1, -0.05) is 32.4 Å². The topological polar surface area (TPSA) is 46.5 Å². The number of fused-ring (bicyclic) bond motifs is 3. The van der Waals surface area contributed by atoms with E-state index in [1.54, 1.807) is 0 Å². The van der Waals surface area contributed by atoms with Crippen LogP contribution in [0.4, 0.5) is 0 Å². The summed E-state index contributed by atoms with van der Waals surface area (Å²) in [4.78, 5) is 11.5. The Balaban J connectivity index is 1.85. The Morgan fingerprint density at radius 3 is 2.71 bits per heavy atom. The number of allylic oxidation sites excluding steroid dienone is 1. The number of rotatable bonds is 2. The summed E-state index contributed by atoms with van der Waals surface area (Å²) in [6, 6.07) is 0. The van der Waals surface area contributed by atoms with Gasteiger partial charge in [0.1, 0.15) is 6.10 Å². The summed E-state index contributed by atoms with van der Waals surface area (Å²) in [5.41, 5.74) is 1.58. The number of carbonyl (C=O) groups is 1. The first-order chi connectivity index (χ1) is 11.2. The van der Waals surface area contributed by atoms with Crippen LogP contribution in [0, 0.1) is 35.0 Å². The van der Waals surface area contributed by atoms with Crippen molar-refractivity contribution in [1.29, 1.82) is 0 Å². The van der Waals surface area contributed by atoms with E-state index in [1.807, 2.05) is 0 Å². The van der Waals surface area contributed by atoms with E-state index < -0.39 is 0 Å². The standard InChI is InChI=1S/C21H34O3/c1-12-10-16-11-17(23)6-7-18(16)19-8-9-21(5,13(2)20(12)19)14(3)24-15(4)22/h10,12-14,17-20,23H,6-9,11H2,1-5H3/t12-,13+,14?,17-,18+,19-,20+,21+/m1/s1. The Kier molecular flexibility index (Phi) is 4.85. The highest BCUT2D eigenvalue weighted by molar-refractivity contribution is 5.66. The highest BCUT2D eigenvalue weighted by Crippen LogP contribution is 2.58. The van der Waals surface area contributed by atoms with Crippen molar-refractivity contribution in [3.8, 4) is 0 Å². The SMILES string of the molecule is CC(=O)OC(C)[C@@]1(C)CC[C@H]2[C@@H]([C@H](C)C=C3C[C@H](O)CC[C@@H]32)[C@@H]1C. The molecule has 3 nitrogen and oxygen atoms in total. The highest BCUT2D eigenvalue weighted by atomic mass is 16.5. The Morgan fingerprint density at radius 2 is 2.04 bits per heavy atom. The molecule has 0 radical (unpaired) electrons. The van der Waals surface area contributed by atoms with Gasteiger partial charge in [-0.15, -0.1) is 0 Å². The van der Waals surface area contributed by atoms with E-state index in [9.17, 15) is 9.90 Å². The van der Waals surface area contributed by atoms with Crippen LogP contribution in [0.15, 0.2) is 11.6 Å². The number of aliphatic hydroxyl groups is 1. The van der Waals surface area contributed by atoms with Crippen molar-refractivity contribution in [2.24, 2.45) is 35.0 Å². The number of hydrogen-bond donors (Lipinski definition) is 1. The van der Waals surface area contributed by atoms with Crippen LogP contribution in [-0.4, -0.2) is 23.3 Å². The predicted octanol–water partition coefficient (Wildman–Crippen LogP) is 4.34. The molecule has 0 saturated heterocycles. The molecule has 3 heteroatoms. The van der Waals surface area contributed by atoms with E-state index >= 15 is 0 Å². The van der Waals surface area contributed by atoms with Gasteiger partial charge in [0.15, 0.2) is 0 Å². The van der Waals surface area contributed by atoms with Crippen LogP contribution in [0.3, 0.4) is 0 Å². The van der Waals surface area contributed by atoms with Crippen molar-refractivity contribution < 1.29 is 14.6 Å². The Labute approximate surface area is 146 Å². The third-order valence-electron chi connectivity index (χ3n) is 7.76. The van der Waals surface area contributed by atoms with Gasteiger partial charge in [-0.3, -0.25) is 4.79 Å². The van der Waals surface area contributed by atoms with Crippen LogP contribution in [0.25, 0.3) is 0 Å². The zero-order valence-electron chi connectivity index (χ0n) is 15.9. The van der Waals surface area contributed by atoms with Gasteiger partial charge in [0.25, 0.3) is 0 Å². The lowest BCUT2D eigenvalue weighted by Gasteiger charge is -2.56. The zero-order valence-corrected chi connectivity index (χ0v) is 15.9. The second-order valence-electron chi connectivity index (χ2n) is 8.97. The average Bonchev–Trinajstić information content (AvgIpc) is 2.49. The van der Waals surface area contributed by atoms with E-state index in [0.717, 1.165) is 31.6 Å². The van der Waals surface area contributed by atoms with Crippen LogP contribution in [0.1, 0.15) is 66.7 Å². The van der Waals surface area contributed by atoms with Crippen LogP contribution in [0.5, 0.6) is 0 Å². The van der Waals surface area contributed by atoms with Gasteiger partial charge < -0.3 is 9.84 Å². The Bertz CT molecular complexity index is 525. The van der Waals surface area contributed by atoms with Crippen molar-refractivity contribution in [2.75, 3.05) is 0 Å². The summed E-state index contributed by atoms with van der Waals surface area (Å²) in [5.74, 6) is 2.98. The fourth-order valence-electron chi connectivity index (χ4n) is 6.19. The van der Waals surface area contributed by atoms with Gasteiger partial charge in [-0.2, -0.15) is 0 Å². The van der Waals surface area contributed by atoms with Gasteiger partial charge in [0.05, 0.1) is 6.10 Å². The van der Waals surface area contributed by atoms with E-state index in [0.29, 0.717) is 23.7 Å². The van der Waals surface area contributed by atoms with Gasteiger partial charge in [0, 0.05) is 12.3 Å². The van der Waals surface area contributed by atoms with E-state index in [4.69, 9.17) is 4.74 Å². The van der Waals surface area contributed by atoms with Gasteiger partial charge in [-0.25, -0.2) is 0 Å². The first-order valence-corrected chi connectivity index (χ1v) is 9.80. The third kappa shape index (κ3) is 2.94. The molecule has 3 aliphatic carbocycles. The van der Waals surface area contributed by atoms with Crippen molar-refractivity contribution >= 4 is 5.97 Å². The summed E-state index contributed by atoms with van der Waals surface area (Å²) in [6.07, 6.45) is 7.63. The number of esters is 1. The molecule has 2 saturated carbocycles. The lowest BCUT2D eigenvalue weighted by atomic mass is 9.49. The van der Waals surface area contributed by atoms with E-state index in [2.05, 4.69) is 33.8 Å². The van der Waals surface area contributed by atoms with E-state index in [1.165, 1.54) is 18.9 Å². The number of ether oxygens (including phenoxy) is 1. The third-order valence-corrected chi connectivity index (χ3v) is 7.76.